The molecule has 0 bridgehead atoms. The molecule has 0 aliphatic heterocycles. The monoisotopic (exact) mass is 321 g/mol. The molecule has 0 saturated carbocycles. The van der Waals surface area contributed by atoms with Crippen molar-refractivity contribution in [3.05, 3.63) is 62.6 Å². The van der Waals surface area contributed by atoms with Crippen LogP contribution in [-0.4, -0.2) is 5.91 Å². The van der Waals surface area contributed by atoms with E-state index in [0.29, 0.717) is 10.0 Å². The van der Waals surface area contributed by atoms with E-state index in [1.54, 1.807) is 6.07 Å². The summed E-state index contributed by atoms with van der Waals surface area (Å²) in [5.41, 5.74) is 5.39. The molecular weight excluding hydrogens is 305 g/mol. The minimum Gasteiger partial charge on any atom is -0.326 e. The first-order chi connectivity index (χ1) is 9.85. The van der Waals surface area contributed by atoms with Gasteiger partial charge in [0.15, 0.2) is 0 Å². The van der Waals surface area contributed by atoms with Crippen LogP contribution in [0, 0.1) is 13.8 Å². The predicted molar refractivity (Wildman–Crippen MR) is 89.5 cm³/mol. The standard InChI is InChI=1S/C17H17Cl2NO/c1-10-4-16(20-12(3)21)5-11(2)17(10)8-13-6-14(18)9-15(19)7-13/h4-7,9H,8H2,1-3H3,(H,20,21). The summed E-state index contributed by atoms with van der Waals surface area (Å²) in [4.78, 5) is 11.1. The van der Waals surface area contributed by atoms with Crippen LogP contribution in [0.4, 0.5) is 5.69 Å². The number of hydrogen-bond donors (Lipinski definition) is 1. The normalized spacial score (nSPS) is 10.5. The maximum absolute atomic E-state index is 11.1. The van der Waals surface area contributed by atoms with E-state index in [0.717, 1.165) is 28.8 Å². The van der Waals surface area contributed by atoms with Crippen molar-refractivity contribution in [1.29, 1.82) is 0 Å². The van der Waals surface area contributed by atoms with E-state index in [1.165, 1.54) is 12.5 Å². The van der Waals surface area contributed by atoms with Crippen molar-refractivity contribution >= 4 is 34.8 Å². The molecule has 2 nitrogen and oxygen atoms in total. The Balaban J connectivity index is 2.34. The van der Waals surface area contributed by atoms with E-state index in [-0.39, 0.29) is 5.91 Å². The molecule has 2 rings (SSSR count). The lowest BCUT2D eigenvalue weighted by atomic mass is 9.95. The third-order valence-electron chi connectivity index (χ3n) is 3.32. The third-order valence-corrected chi connectivity index (χ3v) is 3.76. The molecular formula is C17H17Cl2NO. The molecule has 0 spiro atoms. The Bertz CT molecular complexity index is 652. The highest BCUT2D eigenvalue weighted by molar-refractivity contribution is 6.34. The second-order valence-corrected chi connectivity index (χ2v) is 6.10. The number of benzene rings is 2. The molecule has 1 amide bonds. The minimum absolute atomic E-state index is 0.0665. The summed E-state index contributed by atoms with van der Waals surface area (Å²) in [6.07, 6.45) is 0.762. The fourth-order valence-corrected chi connectivity index (χ4v) is 3.04. The molecule has 110 valence electrons. The Morgan fingerprint density at radius 1 is 1.00 bits per heavy atom. The maximum Gasteiger partial charge on any atom is 0.221 e. The van der Waals surface area contributed by atoms with Crippen LogP contribution in [0.1, 0.15) is 29.2 Å². The summed E-state index contributed by atoms with van der Waals surface area (Å²) >= 11 is 12.1. The minimum atomic E-state index is -0.0665. The Morgan fingerprint density at radius 2 is 1.52 bits per heavy atom. The Morgan fingerprint density at radius 3 is 2.00 bits per heavy atom. The van der Waals surface area contributed by atoms with Gasteiger partial charge in [0.05, 0.1) is 0 Å². The fourth-order valence-electron chi connectivity index (χ4n) is 2.46. The molecule has 4 heteroatoms. The van der Waals surface area contributed by atoms with E-state index in [9.17, 15) is 4.79 Å². The summed E-state index contributed by atoms with van der Waals surface area (Å²) in [6, 6.07) is 9.54. The smallest absolute Gasteiger partial charge is 0.221 e. The number of nitrogens with one attached hydrogen (secondary N) is 1. The average molecular weight is 322 g/mol. The van der Waals surface area contributed by atoms with Crippen molar-refractivity contribution in [3.8, 4) is 0 Å². The average Bonchev–Trinajstić information content (AvgIpc) is 2.31. The van der Waals surface area contributed by atoms with Gasteiger partial charge in [0, 0.05) is 22.7 Å². The Kier molecular flexibility index (Phi) is 4.92. The van der Waals surface area contributed by atoms with Crippen LogP contribution >= 0.6 is 23.2 Å². The summed E-state index contributed by atoms with van der Waals surface area (Å²) in [7, 11) is 0. The molecule has 2 aromatic rings. The van der Waals surface area contributed by atoms with Crippen LogP contribution in [-0.2, 0) is 11.2 Å². The number of aryl methyl sites for hydroxylation is 2. The van der Waals surface area contributed by atoms with E-state index in [1.807, 2.05) is 38.1 Å². The zero-order valence-electron chi connectivity index (χ0n) is 12.3. The van der Waals surface area contributed by atoms with Crippen LogP contribution in [0.5, 0.6) is 0 Å². The molecule has 0 aliphatic rings. The Labute approximate surface area is 135 Å². The van der Waals surface area contributed by atoms with Crippen molar-refractivity contribution in [3.63, 3.8) is 0 Å². The SMILES string of the molecule is CC(=O)Nc1cc(C)c(Cc2cc(Cl)cc(Cl)c2)c(C)c1. The first-order valence-corrected chi connectivity index (χ1v) is 7.43. The topological polar surface area (TPSA) is 29.1 Å². The van der Waals surface area contributed by atoms with Gasteiger partial charge in [-0.2, -0.15) is 0 Å². The molecule has 21 heavy (non-hydrogen) atoms. The van der Waals surface area contributed by atoms with Gasteiger partial charge in [-0.3, -0.25) is 4.79 Å². The van der Waals surface area contributed by atoms with Crippen molar-refractivity contribution < 1.29 is 4.79 Å². The van der Waals surface area contributed by atoms with Gasteiger partial charge in [-0.05, 0) is 72.9 Å². The summed E-state index contributed by atoms with van der Waals surface area (Å²) in [5.74, 6) is -0.0665. The quantitative estimate of drug-likeness (QED) is 0.831. The zero-order valence-corrected chi connectivity index (χ0v) is 13.8. The lowest BCUT2D eigenvalue weighted by Gasteiger charge is -2.13. The molecule has 0 unspecified atom stereocenters. The molecule has 0 aromatic heterocycles. The third kappa shape index (κ3) is 4.23. The molecule has 0 atom stereocenters. The van der Waals surface area contributed by atoms with Gasteiger partial charge in [-0.25, -0.2) is 0 Å². The molecule has 1 N–H and O–H groups in total. The second kappa shape index (κ2) is 6.50. The maximum atomic E-state index is 11.1. The number of carbonyl (C=O) groups excluding carboxylic acids is 1. The summed E-state index contributed by atoms with van der Waals surface area (Å²) in [6.45, 7) is 5.59. The number of amides is 1. The van der Waals surface area contributed by atoms with E-state index < -0.39 is 0 Å². The molecule has 2 aromatic carbocycles. The Hall–Kier alpha value is -1.51. The van der Waals surface area contributed by atoms with E-state index in [4.69, 9.17) is 23.2 Å². The number of carbonyl (C=O) groups is 1. The van der Waals surface area contributed by atoms with Gasteiger partial charge in [-0.15, -0.1) is 0 Å². The first kappa shape index (κ1) is 15.9. The van der Waals surface area contributed by atoms with Crippen molar-refractivity contribution in [2.24, 2.45) is 0 Å². The van der Waals surface area contributed by atoms with Crippen LogP contribution in [0.3, 0.4) is 0 Å². The van der Waals surface area contributed by atoms with E-state index >= 15 is 0 Å². The number of halogens is 2. The van der Waals surface area contributed by atoms with Gasteiger partial charge >= 0.3 is 0 Å². The lowest BCUT2D eigenvalue weighted by Crippen LogP contribution is -2.07. The largest absolute Gasteiger partial charge is 0.326 e. The second-order valence-electron chi connectivity index (χ2n) is 5.22. The van der Waals surface area contributed by atoms with Crippen LogP contribution in [0.25, 0.3) is 0 Å². The van der Waals surface area contributed by atoms with Crippen LogP contribution in [0.2, 0.25) is 10.0 Å². The number of hydrogen-bond acceptors (Lipinski definition) is 1. The van der Waals surface area contributed by atoms with Crippen LogP contribution in [0.15, 0.2) is 30.3 Å². The van der Waals surface area contributed by atoms with Gasteiger partial charge in [0.1, 0.15) is 0 Å². The molecule has 0 fully saturated rings. The highest BCUT2D eigenvalue weighted by Gasteiger charge is 2.08. The van der Waals surface area contributed by atoms with Crippen molar-refractivity contribution in [2.75, 3.05) is 5.32 Å². The number of rotatable bonds is 3. The van der Waals surface area contributed by atoms with Gasteiger partial charge in [0.25, 0.3) is 0 Å². The summed E-state index contributed by atoms with van der Waals surface area (Å²) < 4.78 is 0. The zero-order chi connectivity index (χ0) is 15.6. The predicted octanol–water partition coefficient (Wildman–Crippen LogP) is 5.16. The van der Waals surface area contributed by atoms with Crippen molar-refractivity contribution in [2.45, 2.75) is 27.2 Å². The van der Waals surface area contributed by atoms with Gasteiger partial charge in [-0.1, -0.05) is 23.2 Å². The fraction of sp³-hybridized carbons (Fsp3) is 0.235. The summed E-state index contributed by atoms with van der Waals surface area (Å²) in [5, 5.41) is 4.10. The van der Waals surface area contributed by atoms with Gasteiger partial charge in [0.2, 0.25) is 5.91 Å². The van der Waals surface area contributed by atoms with E-state index in [2.05, 4.69) is 5.32 Å². The highest BCUT2D eigenvalue weighted by Crippen LogP contribution is 2.26. The van der Waals surface area contributed by atoms with Gasteiger partial charge < -0.3 is 5.32 Å². The highest BCUT2D eigenvalue weighted by atomic mass is 35.5. The van der Waals surface area contributed by atoms with Crippen LogP contribution < -0.4 is 5.32 Å². The molecule has 0 saturated heterocycles. The molecule has 0 radical (unpaired) electrons. The first-order valence-electron chi connectivity index (χ1n) is 6.68. The molecule has 0 aliphatic carbocycles. The lowest BCUT2D eigenvalue weighted by molar-refractivity contribution is -0.114. The molecule has 0 heterocycles. The number of anilines is 1. The van der Waals surface area contributed by atoms with Crippen molar-refractivity contribution in [1.82, 2.24) is 0 Å².